The second kappa shape index (κ2) is 8.02. The third-order valence-corrected chi connectivity index (χ3v) is 4.70. The first-order chi connectivity index (χ1) is 12.6. The normalized spacial score (nSPS) is 17.0. The molecule has 136 valence electrons. The van der Waals surface area contributed by atoms with Gasteiger partial charge in [0.2, 0.25) is 0 Å². The van der Waals surface area contributed by atoms with Crippen molar-refractivity contribution in [2.45, 2.75) is 25.4 Å². The second-order valence-electron chi connectivity index (χ2n) is 6.48. The molecular weight excluding hydrogens is 330 g/mol. The number of nitrogens with zero attached hydrogens (tertiary/aromatic N) is 4. The number of aromatic nitrogens is 2. The van der Waals surface area contributed by atoms with E-state index in [-0.39, 0.29) is 11.6 Å². The van der Waals surface area contributed by atoms with Crippen molar-refractivity contribution in [1.82, 2.24) is 14.9 Å². The second-order valence-corrected chi connectivity index (χ2v) is 6.48. The van der Waals surface area contributed by atoms with Crippen LogP contribution in [0.4, 0.5) is 5.82 Å². The molecule has 0 amide bonds. The first kappa shape index (κ1) is 18.0. The first-order valence-corrected chi connectivity index (χ1v) is 8.69. The summed E-state index contributed by atoms with van der Waals surface area (Å²) in [4.78, 5) is 18.6. The molecule has 1 aromatic carbocycles. The molecule has 0 spiro atoms. The summed E-state index contributed by atoms with van der Waals surface area (Å²) in [5.74, 6) is 1.10. The number of anilines is 1. The van der Waals surface area contributed by atoms with Gasteiger partial charge in [-0.2, -0.15) is 5.26 Å². The number of rotatable bonds is 5. The molecule has 0 saturated carbocycles. The molecule has 26 heavy (non-hydrogen) atoms. The lowest BCUT2D eigenvalue weighted by molar-refractivity contribution is 0.411. The number of hydrogen-bond acceptors (Lipinski definition) is 6. The van der Waals surface area contributed by atoms with Gasteiger partial charge in [-0.1, -0.05) is 6.07 Å². The molecule has 7 heteroatoms. The van der Waals surface area contributed by atoms with Crippen molar-refractivity contribution in [2.75, 3.05) is 25.1 Å². The van der Waals surface area contributed by atoms with E-state index < -0.39 is 0 Å². The SMILES string of the molecule is COc1ccc(CN[C@H]2CCCN(c3nccn(C)c3=O)C2)cc1C#N. The fraction of sp³-hybridized carbons (Fsp3) is 0.421. The maximum Gasteiger partial charge on any atom is 0.293 e. The Balaban J connectivity index is 1.65. The number of benzene rings is 1. The van der Waals surface area contributed by atoms with Crippen molar-refractivity contribution in [2.24, 2.45) is 7.05 Å². The van der Waals surface area contributed by atoms with Gasteiger partial charge in [0.1, 0.15) is 11.8 Å². The quantitative estimate of drug-likeness (QED) is 0.875. The Morgan fingerprint density at radius 3 is 3.08 bits per heavy atom. The van der Waals surface area contributed by atoms with E-state index in [1.54, 1.807) is 31.1 Å². The average molecular weight is 353 g/mol. The molecule has 1 N–H and O–H groups in total. The highest BCUT2D eigenvalue weighted by Gasteiger charge is 2.22. The van der Waals surface area contributed by atoms with Crippen LogP contribution in [0.15, 0.2) is 35.4 Å². The molecule has 1 aromatic heterocycles. The highest BCUT2D eigenvalue weighted by Crippen LogP contribution is 2.19. The number of methoxy groups -OCH3 is 1. The van der Waals surface area contributed by atoms with Crippen LogP contribution in [-0.4, -0.2) is 35.8 Å². The summed E-state index contributed by atoms with van der Waals surface area (Å²) in [6, 6.07) is 8.05. The van der Waals surface area contributed by atoms with E-state index >= 15 is 0 Å². The molecule has 1 fully saturated rings. The molecule has 0 radical (unpaired) electrons. The molecule has 3 rings (SSSR count). The van der Waals surface area contributed by atoms with Gasteiger partial charge in [-0.15, -0.1) is 0 Å². The topological polar surface area (TPSA) is 83.2 Å². The Bertz CT molecular complexity index is 871. The molecule has 1 atom stereocenters. The van der Waals surface area contributed by atoms with Crippen LogP contribution in [0.1, 0.15) is 24.0 Å². The molecule has 0 aliphatic carbocycles. The van der Waals surface area contributed by atoms with Gasteiger partial charge in [0, 0.05) is 45.1 Å². The Morgan fingerprint density at radius 1 is 1.46 bits per heavy atom. The maximum atomic E-state index is 12.3. The Kier molecular flexibility index (Phi) is 5.54. The molecule has 7 nitrogen and oxygen atoms in total. The Labute approximate surface area is 152 Å². The van der Waals surface area contributed by atoms with Crippen molar-refractivity contribution >= 4 is 5.82 Å². The lowest BCUT2D eigenvalue weighted by Gasteiger charge is -2.33. The van der Waals surface area contributed by atoms with Crippen molar-refractivity contribution in [3.05, 3.63) is 52.1 Å². The molecule has 0 bridgehead atoms. The van der Waals surface area contributed by atoms with Gasteiger partial charge in [-0.05, 0) is 30.5 Å². The number of nitriles is 1. The van der Waals surface area contributed by atoms with E-state index in [0.717, 1.165) is 31.5 Å². The predicted octanol–water partition coefficient (Wildman–Crippen LogP) is 1.42. The highest BCUT2D eigenvalue weighted by atomic mass is 16.5. The van der Waals surface area contributed by atoms with Crippen LogP contribution in [0.2, 0.25) is 0 Å². The lowest BCUT2D eigenvalue weighted by atomic mass is 10.0. The van der Waals surface area contributed by atoms with Crippen LogP contribution in [-0.2, 0) is 13.6 Å². The molecule has 0 unspecified atom stereocenters. The summed E-state index contributed by atoms with van der Waals surface area (Å²) in [5, 5.41) is 12.7. The summed E-state index contributed by atoms with van der Waals surface area (Å²) in [6.45, 7) is 2.25. The molecular formula is C19H23N5O2. The maximum absolute atomic E-state index is 12.3. The Morgan fingerprint density at radius 2 is 2.31 bits per heavy atom. The molecule has 1 saturated heterocycles. The fourth-order valence-corrected chi connectivity index (χ4v) is 3.25. The van der Waals surface area contributed by atoms with Gasteiger partial charge < -0.3 is 19.5 Å². The van der Waals surface area contributed by atoms with Crippen LogP contribution < -0.4 is 20.5 Å². The van der Waals surface area contributed by atoms with Crippen LogP contribution >= 0.6 is 0 Å². The number of aryl methyl sites for hydroxylation is 1. The van der Waals surface area contributed by atoms with Gasteiger partial charge in [-0.25, -0.2) is 4.98 Å². The minimum atomic E-state index is -0.0676. The van der Waals surface area contributed by atoms with E-state index in [9.17, 15) is 10.1 Å². The predicted molar refractivity (Wildman–Crippen MR) is 99.3 cm³/mol. The van der Waals surface area contributed by atoms with Crippen LogP contribution in [0.5, 0.6) is 5.75 Å². The van der Waals surface area contributed by atoms with Crippen molar-refractivity contribution in [3.8, 4) is 11.8 Å². The third kappa shape index (κ3) is 3.86. The van der Waals surface area contributed by atoms with E-state index in [2.05, 4.69) is 21.3 Å². The van der Waals surface area contributed by atoms with Gasteiger partial charge >= 0.3 is 0 Å². The number of hydrogen-bond donors (Lipinski definition) is 1. The molecule has 2 heterocycles. The van der Waals surface area contributed by atoms with E-state index in [0.29, 0.717) is 23.7 Å². The molecule has 1 aliphatic heterocycles. The zero-order valence-electron chi connectivity index (χ0n) is 15.1. The number of ether oxygens (including phenoxy) is 1. The van der Waals surface area contributed by atoms with Gasteiger partial charge in [-0.3, -0.25) is 4.79 Å². The first-order valence-electron chi connectivity index (χ1n) is 8.69. The lowest BCUT2D eigenvalue weighted by Crippen LogP contribution is -2.47. The zero-order valence-corrected chi connectivity index (χ0v) is 15.1. The fourth-order valence-electron chi connectivity index (χ4n) is 3.25. The van der Waals surface area contributed by atoms with Gasteiger partial charge in [0.05, 0.1) is 12.7 Å². The summed E-state index contributed by atoms with van der Waals surface area (Å²) < 4.78 is 6.74. The standard InChI is InChI=1S/C19H23N5O2/c1-23-9-7-21-18(19(23)25)24-8-3-4-16(13-24)22-12-14-5-6-17(26-2)15(10-14)11-20/h5-7,9-10,16,22H,3-4,8,12-13H2,1-2H3/t16-/m0/s1. The van der Waals surface area contributed by atoms with E-state index in [1.165, 1.54) is 0 Å². The van der Waals surface area contributed by atoms with E-state index in [1.807, 2.05) is 18.2 Å². The van der Waals surface area contributed by atoms with E-state index in [4.69, 9.17) is 4.74 Å². The minimum absolute atomic E-state index is 0.0676. The van der Waals surface area contributed by atoms with Crippen molar-refractivity contribution in [1.29, 1.82) is 5.26 Å². The minimum Gasteiger partial charge on any atom is -0.495 e. The summed E-state index contributed by atoms with van der Waals surface area (Å²) in [5.41, 5.74) is 1.50. The van der Waals surface area contributed by atoms with Crippen LogP contribution in [0, 0.1) is 11.3 Å². The van der Waals surface area contributed by atoms with Gasteiger partial charge in [0.15, 0.2) is 5.82 Å². The zero-order chi connectivity index (χ0) is 18.5. The summed E-state index contributed by atoms with van der Waals surface area (Å²) >= 11 is 0. The smallest absolute Gasteiger partial charge is 0.293 e. The van der Waals surface area contributed by atoms with Gasteiger partial charge in [0.25, 0.3) is 5.56 Å². The molecule has 2 aromatic rings. The molecule has 1 aliphatic rings. The van der Waals surface area contributed by atoms with Crippen LogP contribution in [0.25, 0.3) is 0 Å². The summed E-state index contributed by atoms with van der Waals surface area (Å²) in [6.07, 6.45) is 5.38. The highest BCUT2D eigenvalue weighted by molar-refractivity contribution is 5.45. The largest absolute Gasteiger partial charge is 0.495 e. The number of nitrogens with one attached hydrogen (secondary N) is 1. The summed E-state index contributed by atoms with van der Waals surface area (Å²) in [7, 11) is 3.30. The Hall–Kier alpha value is -2.85. The number of piperidine rings is 1. The van der Waals surface area contributed by atoms with Crippen molar-refractivity contribution < 1.29 is 4.74 Å². The monoisotopic (exact) mass is 353 g/mol. The third-order valence-electron chi connectivity index (χ3n) is 4.70. The van der Waals surface area contributed by atoms with Crippen molar-refractivity contribution in [3.63, 3.8) is 0 Å². The average Bonchev–Trinajstić information content (AvgIpc) is 2.68. The van der Waals surface area contributed by atoms with Crippen LogP contribution in [0.3, 0.4) is 0 Å².